The zero-order valence-electron chi connectivity index (χ0n) is 9.50. The van der Waals surface area contributed by atoms with Crippen molar-refractivity contribution < 1.29 is 13.3 Å². The number of rotatable bonds is 4. The molecule has 1 aliphatic rings. The Morgan fingerprint density at radius 3 is 2.50 bits per heavy atom. The highest BCUT2D eigenvalue weighted by molar-refractivity contribution is 7.89. The summed E-state index contributed by atoms with van der Waals surface area (Å²) in [6.45, 7) is 3.72. The average Bonchev–Trinajstić information content (AvgIpc) is 2.26. The van der Waals surface area contributed by atoms with Gasteiger partial charge in [0.25, 0.3) is 5.69 Å². The Hall–Kier alpha value is -1.73. The van der Waals surface area contributed by atoms with Gasteiger partial charge in [-0.2, -0.15) is 0 Å². The van der Waals surface area contributed by atoms with Crippen LogP contribution in [0.1, 0.15) is 12.8 Å². The summed E-state index contributed by atoms with van der Waals surface area (Å²) in [6.07, 6.45) is 1.17. The summed E-state index contributed by atoms with van der Waals surface area (Å²) >= 11 is 0. The quantitative estimate of drug-likeness (QED) is 0.510. The second kappa shape index (κ2) is 4.51. The molecule has 1 aromatic carbocycles. The zero-order valence-corrected chi connectivity index (χ0v) is 10.3. The van der Waals surface area contributed by atoms with Gasteiger partial charge in [0.1, 0.15) is 0 Å². The number of hydrogen-bond donors (Lipinski definition) is 1. The Labute approximate surface area is 105 Å². The normalized spacial score (nSPS) is 16.3. The Bertz CT molecular complexity index is 601. The first kappa shape index (κ1) is 12.7. The maximum Gasteiger partial charge on any atom is 0.289 e. The molecule has 6 nitrogen and oxygen atoms in total. The van der Waals surface area contributed by atoms with E-state index in [0.717, 1.165) is 5.57 Å². The minimum absolute atomic E-state index is 0.206. The van der Waals surface area contributed by atoms with E-state index in [2.05, 4.69) is 11.3 Å². The number of nitro benzene ring substituents is 1. The van der Waals surface area contributed by atoms with Gasteiger partial charge in [-0.3, -0.25) is 10.1 Å². The molecule has 1 N–H and O–H groups in total. The minimum atomic E-state index is -3.85. The van der Waals surface area contributed by atoms with Crippen molar-refractivity contribution in [2.45, 2.75) is 23.8 Å². The molecular formula is C11H12N2O4S. The van der Waals surface area contributed by atoms with Crippen LogP contribution in [0.15, 0.2) is 41.3 Å². The topological polar surface area (TPSA) is 89.3 Å². The lowest BCUT2D eigenvalue weighted by Crippen LogP contribution is -2.40. The largest absolute Gasteiger partial charge is 0.289 e. The standard InChI is InChI=1S/C11H12N2O4S/c1-8-6-9(7-8)12-18(16,17)11-5-3-2-4-10(11)13(14)15/h2-5,9,12H,1,6-7H2. The van der Waals surface area contributed by atoms with E-state index >= 15 is 0 Å². The molecule has 0 bridgehead atoms. The number of sulfonamides is 1. The minimum Gasteiger partial charge on any atom is -0.258 e. The van der Waals surface area contributed by atoms with Crippen LogP contribution in [0.3, 0.4) is 0 Å². The van der Waals surface area contributed by atoms with Crippen molar-refractivity contribution in [3.05, 3.63) is 46.5 Å². The van der Waals surface area contributed by atoms with Crippen LogP contribution in [0.25, 0.3) is 0 Å². The van der Waals surface area contributed by atoms with Crippen molar-refractivity contribution in [2.24, 2.45) is 0 Å². The lowest BCUT2D eigenvalue weighted by molar-refractivity contribution is -0.387. The van der Waals surface area contributed by atoms with Crippen molar-refractivity contribution >= 4 is 15.7 Å². The fraction of sp³-hybridized carbons (Fsp3) is 0.273. The predicted molar refractivity (Wildman–Crippen MR) is 65.6 cm³/mol. The Balaban J connectivity index is 2.29. The molecule has 96 valence electrons. The maximum absolute atomic E-state index is 12.0. The molecule has 7 heteroatoms. The molecule has 0 aliphatic heterocycles. The second-order valence-electron chi connectivity index (χ2n) is 4.20. The number of nitrogens with zero attached hydrogens (tertiary/aromatic N) is 1. The highest BCUT2D eigenvalue weighted by atomic mass is 32.2. The average molecular weight is 268 g/mol. The smallest absolute Gasteiger partial charge is 0.258 e. The summed E-state index contributed by atoms with van der Waals surface area (Å²) in [5.74, 6) is 0. The van der Waals surface area contributed by atoms with Crippen LogP contribution in [-0.2, 0) is 10.0 Å². The molecule has 2 rings (SSSR count). The van der Waals surface area contributed by atoms with Crippen molar-refractivity contribution in [3.8, 4) is 0 Å². The van der Waals surface area contributed by atoms with Crippen LogP contribution in [0.5, 0.6) is 0 Å². The highest BCUT2D eigenvalue weighted by Crippen LogP contribution is 2.28. The van der Waals surface area contributed by atoms with Crippen LogP contribution >= 0.6 is 0 Å². The van der Waals surface area contributed by atoms with E-state index in [9.17, 15) is 18.5 Å². The molecular weight excluding hydrogens is 256 g/mol. The zero-order chi connectivity index (χ0) is 13.3. The van der Waals surface area contributed by atoms with E-state index in [1.165, 1.54) is 24.3 Å². The Morgan fingerprint density at radius 2 is 1.94 bits per heavy atom. The van der Waals surface area contributed by atoms with E-state index < -0.39 is 20.6 Å². The van der Waals surface area contributed by atoms with Gasteiger partial charge < -0.3 is 0 Å². The SMILES string of the molecule is C=C1CC(NS(=O)(=O)c2ccccc2[N+](=O)[O-])C1. The monoisotopic (exact) mass is 268 g/mol. The van der Waals surface area contributed by atoms with Crippen LogP contribution in [0.2, 0.25) is 0 Å². The van der Waals surface area contributed by atoms with Gasteiger partial charge in [-0.05, 0) is 18.9 Å². The first-order valence-corrected chi connectivity index (χ1v) is 6.81. The molecule has 18 heavy (non-hydrogen) atoms. The third kappa shape index (κ3) is 2.41. The third-order valence-electron chi connectivity index (χ3n) is 2.74. The van der Waals surface area contributed by atoms with Crippen LogP contribution in [0, 0.1) is 10.1 Å². The number of nitrogens with one attached hydrogen (secondary N) is 1. The molecule has 1 fully saturated rings. The third-order valence-corrected chi connectivity index (χ3v) is 4.31. The molecule has 1 aliphatic carbocycles. The molecule has 0 unspecified atom stereocenters. The van der Waals surface area contributed by atoms with Crippen molar-refractivity contribution in [1.29, 1.82) is 0 Å². The van der Waals surface area contributed by atoms with Crippen LogP contribution in [-0.4, -0.2) is 19.4 Å². The first-order valence-electron chi connectivity index (χ1n) is 5.32. The van der Waals surface area contributed by atoms with Crippen molar-refractivity contribution in [1.82, 2.24) is 4.72 Å². The Morgan fingerprint density at radius 1 is 1.33 bits per heavy atom. The van der Waals surface area contributed by atoms with Crippen LogP contribution in [0.4, 0.5) is 5.69 Å². The van der Waals surface area contributed by atoms with Crippen molar-refractivity contribution in [2.75, 3.05) is 0 Å². The molecule has 1 saturated carbocycles. The van der Waals surface area contributed by atoms with Gasteiger partial charge in [0, 0.05) is 12.1 Å². The summed E-state index contributed by atoms with van der Waals surface area (Å²) < 4.78 is 26.5. The number of hydrogen-bond acceptors (Lipinski definition) is 4. The number of nitro groups is 1. The molecule has 0 radical (unpaired) electrons. The van der Waals surface area contributed by atoms with Gasteiger partial charge in [0.05, 0.1) is 4.92 Å². The lowest BCUT2D eigenvalue weighted by Gasteiger charge is -2.28. The Kier molecular flexibility index (Phi) is 3.18. The van der Waals surface area contributed by atoms with E-state index in [1.54, 1.807) is 0 Å². The van der Waals surface area contributed by atoms with Gasteiger partial charge in [0.2, 0.25) is 10.0 Å². The summed E-state index contributed by atoms with van der Waals surface area (Å²) in [6, 6.07) is 5.09. The fourth-order valence-corrected chi connectivity index (χ4v) is 3.25. The first-order chi connectivity index (χ1) is 8.40. The van der Waals surface area contributed by atoms with Gasteiger partial charge >= 0.3 is 0 Å². The molecule has 0 amide bonds. The number of para-hydroxylation sites is 1. The van der Waals surface area contributed by atoms with Gasteiger partial charge in [-0.1, -0.05) is 24.3 Å². The van der Waals surface area contributed by atoms with Crippen molar-refractivity contribution in [3.63, 3.8) is 0 Å². The summed E-state index contributed by atoms with van der Waals surface area (Å²) in [7, 11) is -3.85. The fourth-order valence-electron chi connectivity index (χ4n) is 1.84. The molecule has 0 atom stereocenters. The van der Waals surface area contributed by atoms with Gasteiger partial charge in [-0.25, -0.2) is 13.1 Å². The van der Waals surface area contributed by atoms with E-state index in [0.29, 0.717) is 12.8 Å². The summed E-state index contributed by atoms with van der Waals surface area (Å²) in [5.41, 5.74) is 0.563. The van der Waals surface area contributed by atoms with Gasteiger partial charge in [-0.15, -0.1) is 0 Å². The molecule has 1 aromatic rings. The predicted octanol–water partition coefficient (Wildman–Crippen LogP) is 1.59. The maximum atomic E-state index is 12.0. The highest BCUT2D eigenvalue weighted by Gasteiger charge is 2.31. The summed E-state index contributed by atoms with van der Waals surface area (Å²) in [4.78, 5) is 9.79. The molecule has 0 aromatic heterocycles. The van der Waals surface area contributed by atoms with Crippen LogP contribution < -0.4 is 4.72 Å². The molecule has 0 spiro atoms. The lowest BCUT2D eigenvalue weighted by atomic mass is 9.89. The van der Waals surface area contributed by atoms with E-state index in [-0.39, 0.29) is 10.9 Å². The van der Waals surface area contributed by atoms with Gasteiger partial charge in [0.15, 0.2) is 4.90 Å². The second-order valence-corrected chi connectivity index (χ2v) is 5.88. The summed E-state index contributed by atoms with van der Waals surface area (Å²) in [5, 5.41) is 10.8. The van der Waals surface area contributed by atoms with E-state index in [4.69, 9.17) is 0 Å². The molecule has 0 saturated heterocycles. The van der Waals surface area contributed by atoms with E-state index in [1.807, 2.05) is 0 Å². The number of benzene rings is 1. The molecule has 0 heterocycles.